The predicted octanol–water partition coefficient (Wildman–Crippen LogP) is 5.33. The predicted molar refractivity (Wildman–Crippen MR) is 120 cm³/mol. The van der Waals surface area contributed by atoms with Crippen LogP contribution in [-0.2, 0) is 14.6 Å². The number of nitrogens with one attached hydrogen (secondary N) is 1. The number of benzene rings is 1. The Kier molecular flexibility index (Phi) is 6.68. The summed E-state index contributed by atoms with van der Waals surface area (Å²) in [5.41, 5.74) is 0.795. The zero-order valence-electron chi connectivity index (χ0n) is 17.0. The van der Waals surface area contributed by atoms with Crippen molar-refractivity contribution < 1.29 is 13.2 Å². The molecule has 4 rings (SSSR count). The van der Waals surface area contributed by atoms with Crippen LogP contribution in [0.25, 0.3) is 0 Å². The smallest absolute Gasteiger partial charge is 0.237 e. The van der Waals surface area contributed by atoms with E-state index < -0.39 is 15.8 Å². The third-order valence-electron chi connectivity index (χ3n) is 6.23. The molecule has 5 nitrogen and oxygen atoms in total. The molecule has 160 valence electrons. The van der Waals surface area contributed by atoms with Gasteiger partial charge in [-0.25, -0.2) is 13.4 Å². The molecule has 1 unspecified atom stereocenters. The van der Waals surface area contributed by atoms with E-state index in [0.717, 1.165) is 44.1 Å². The third kappa shape index (κ3) is 4.83. The second-order valence-electron chi connectivity index (χ2n) is 8.25. The number of sulfone groups is 1. The number of hydrogen-bond acceptors (Lipinski definition) is 5. The first-order chi connectivity index (χ1) is 14.5. The number of rotatable bonds is 7. The van der Waals surface area contributed by atoms with Gasteiger partial charge in [0.15, 0.2) is 15.0 Å². The maximum atomic E-state index is 13.0. The fraction of sp³-hybridized carbons (Fsp3) is 0.478. The first kappa shape index (κ1) is 21.2. The molecular formula is C23H28N2O3S2. The molecule has 1 heterocycles. The van der Waals surface area contributed by atoms with Crippen LogP contribution in [0.5, 0.6) is 0 Å². The average molecular weight is 445 g/mol. The van der Waals surface area contributed by atoms with Gasteiger partial charge in [-0.3, -0.25) is 4.79 Å². The van der Waals surface area contributed by atoms with Gasteiger partial charge in [-0.2, -0.15) is 0 Å². The van der Waals surface area contributed by atoms with Crippen molar-refractivity contribution in [2.24, 2.45) is 5.92 Å². The summed E-state index contributed by atoms with van der Waals surface area (Å²) in [6, 6.07) is 6.89. The van der Waals surface area contributed by atoms with E-state index in [0.29, 0.717) is 15.9 Å². The molecule has 0 saturated heterocycles. The summed E-state index contributed by atoms with van der Waals surface area (Å²) in [4.78, 5) is 17.5. The highest BCUT2D eigenvalue weighted by Gasteiger charge is 2.30. The molecule has 1 atom stereocenters. The number of anilines is 1. The van der Waals surface area contributed by atoms with Crippen LogP contribution in [0.2, 0.25) is 0 Å². The van der Waals surface area contributed by atoms with Crippen LogP contribution in [-0.4, -0.2) is 24.6 Å². The molecule has 1 N–H and O–H groups in total. The summed E-state index contributed by atoms with van der Waals surface area (Å²) >= 11 is 1.38. The Bertz CT molecular complexity index is 970. The number of amides is 1. The Morgan fingerprint density at radius 1 is 1.07 bits per heavy atom. The van der Waals surface area contributed by atoms with Crippen LogP contribution < -0.4 is 5.32 Å². The summed E-state index contributed by atoms with van der Waals surface area (Å²) < 4.78 is 25.7. The van der Waals surface area contributed by atoms with Crippen LogP contribution in [0.3, 0.4) is 0 Å². The van der Waals surface area contributed by atoms with Gasteiger partial charge >= 0.3 is 0 Å². The highest BCUT2D eigenvalue weighted by atomic mass is 32.2. The number of hydrogen-bond donors (Lipinski definition) is 1. The number of carbonyl (C=O) groups excluding carboxylic acids is 1. The summed E-state index contributed by atoms with van der Waals surface area (Å²) in [6.45, 7) is 0. The summed E-state index contributed by atoms with van der Waals surface area (Å²) in [5, 5.41) is 5.01. The van der Waals surface area contributed by atoms with E-state index in [4.69, 9.17) is 0 Å². The lowest BCUT2D eigenvalue weighted by atomic mass is 9.95. The van der Waals surface area contributed by atoms with Crippen LogP contribution >= 0.6 is 11.3 Å². The Labute approximate surface area is 182 Å². The summed E-state index contributed by atoms with van der Waals surface area (Å²) in [7, 11) is -3.29. The van der Waals surface area contributed by atoms with E-state index in [1.165, 1.54) is 24.2 Å². The molecule has 1 aromatic carbocycles. The molecular weight excluding hydrogens is 416 g/mol. The Morgan fingerprint density at radius 2 is 1.73 bits per heavy atom. The Hall–Kier alpha value is -1.99. The van der Waals surface area contributed by atoms with Gasteiger partial charge in [0, 0.05) is 11.6 Å². The third-order valence-corrected chi connectivity index (χ3v) is 9.20. The van der Waals surface area contributed by atoms with E-state index in [2.05, 4.69) is 16.4 Å². The molecule has 0 radical (unpaired) electrons. The maximum absolute atomic E-state index is 13.0. The second kappa shape index (κ2) is 9.43. The fourth-order valence-electron chi connectivity index (χ4n) is 4.49. The molecule has 1 amide bonds. The van der Waals surface area contributed by atoms with Crippen LogP contribution in [0, 0.1) is 5.92 Å². The standard InChI is InChI=1S/C23H28N2O3S2/c26-22(25-23-24-15-16-29-23)21(14-9-17-5-1-2-6-17)18-10-12-20(13-11-18)30(27,28)19-7-3-4-8-19/h9-17,19,21H,1-8H2,(H,24,25,26)/b14-9-. The SMILES string of the molecule is O=C(Nc1nccs1)C(/C=C\C1CCCC1)c1ccc(S(=O)(=O)C2CCCC2)cc1. The van der Waals surface area contributed by atoms with Gasteiger partial charge < -0.3 is 5.32 Å². The van der Waals surface area contributed by atoms with Gasteiger partial charge in [0.05, 0.1) is 16.1 Å². The van der Waals surface area contributed by atoms with Gasteiger partial charge in [0.2, 0.25) is 5.91 Å². The van der Waals surface area contributed by atoms with Crippen molar-refractivity contribution in [2.75, 3.05) is 5.32 Å². The molecule has 2 saturated carbocycles. The van der Waals surface area contributed by atoms with Crippen molar-refractivity contribution in [2.45, 2.75) is 67.4 Å². The molecule has 1 aromatic heterocycles. The molecule has 0 aliphatic heterocycles. The van der Waals surface area contributed by atoms with Gasteiger partial charge in [0.1, 0.15) is 0 Å². The van der Waals surface area contributed by atoms with E-state index in [1.54, 1.807) is 30.5 Å². The van der Waals surface area contributed by atoms with Gasteiger partial charge in [-0.1, -0.05) is 50.0 Å². The molecule has 7 heteroatoms. The lowest BCUT2D eigenvalue weighted by Crippen LogP contribution is -2.20. The molecule has 30 heavy (non-hydrogen) atoms. The molecule has 2 aliphatic rings. The maximum Gasteiger partial charge on any atom is 0.237 e. The van der Waals surface area contributed by atoms with Crippen molar-refractivity contribution in [3.05, 3.63) is 53.6 Å². The number of allylic oxidation sites excluding steroid dienone is 1. The quantitative estimate of drug-likeness (QED) is 0.586. The van der Waals surface area contributed by atoms with Crippen molar-refractivity contribution in [3.8, 4) is 0 Å². The van der Waals surface area contributed by atoms with E-state index >= 15 is 0 Å². The Morgan fingerprint density at radius 3 is 2.37 bits per heavy atom. The van der Waals surface area contributed by atoms with E-state index in [-0.39, 0.29) is 11.2 Å². The van der Waals surface area contributed by atoms with E-state index in [9.17, 15) is 13.2 Å². The minimum absolute atomic E-state index is 0.148. The normalized spacial score (nSPS) is 19.5. The molecule has 0 spiro atoms. The lowest BCUT2D eigenvalue weighted by Gasteiger charge is -2.15. The summed E-state index contributed by atoms with van der Waals surface area (Å²) in [5.74, 6) is -0.106. The monoisotopic (exact) mass is 444 g/mol. The average Bonchev–Trinajstić information content (AvgIpc) is 3.51. The highest BCUT2D eigenvalue weighted by molar-refractivity contribution is 7.92. The summed E-state index contributed by atoms with van der Waals surface area (Å²) in [6.07, 6.45) is 14.0. The van der Waals surface area contributed by atoms with Gasteiger partial charge in [0.25, 0.3) is 0 Å². The van der Waals surface area contributed by atoms with Gasteiger partial charge in [-0.05, 0) is 49.3 Å². The second-order valence-corrected chi connectivity index (χ2v) is 11.4. The number of nitrogens with zero attached hydrogens (tertiary/aromatic N) is 1. The zero-order chi connectivity index (χ0) is 21.0. The first-order valence-electron chi connectivity index (χ1n) is 10.8. The highest BCUT2D eigenvalue weighted by Crippen LogP contribution is 2.32. The molecule has 0 bridgehead atoms. The van der Waals surface area contributed by atoms with Crippen LogP contribution in [0.15, 0.2) is 52.9 Å². The van der Waals surface area contributed by atoms with Crippen molar-refractivity contribution in [3.63, 3.8) is 0 Å². The first-order valence-corrected chi connectivity index (χ1v) is 13.2. The Balaban J connectivity index is 1.56. The lowest BCUT2D eigenvalue weighted by molar-refractivity contribution is -0.116. The van der Waals surface area contributed by atoms with Crippen molar-refractivity contribution >= 4 is 32.2 Å². The number of thiazole rings is 1. The van der Waals surface area contributed by atoms with Crippen LogP contribution in [0.4, 0.5) is 5.13 Å². The van der Waals surface area contributed by atoms with Crippen LogP contribution in [0.1, 0.15) is 62.8 Å². The van der Waals surface area contributed by atoms with E-state index in [1.807, 2.05) is 11.5 Å². The largest absolute Gasteiger partial charge is 0.301 e. The fourth-order valence-corrected chi connectivity index (χ4v) is 6.88. The topological polar surface area (TPSA) is 76.1 Å². The minimum atomic E-state index is -3.29. The zero-order valence-corrected chi connectivity index (χ0v) is 18.6. The minimum Gasteiger partial charge on any atom is -0.301 e. The van der Waals surface area contributed by atoms with Gasteiger partial charge in [-0.15, -0.1) is 11.3 Å². The number of aromatic nitrogens is 1. The number of carbonyl (C=O) groups is 1. The molecule has 2 aliphatic carbocycles. The molecule has 2 aromatic rings. The van der Waals surface area contributed by atoms with Crippen molar-refractivity contribution in [1.29, 1.82) is 0 Å². The van der Waals surface area contributed by atoms with Crippen molar-refractivity contribution in [1.82, 2.24) is 4.98 Å². The molecule has 2 fully saturated rings.